The summed E-state index contributed by atoms with van der Waals surface area (Å²) in [6, 6.07) is 9.44. The Hall–Kier alpha value is -1.49. The number of hydrogen-bond acceptors (Lipinski definition) is 3. The third-order valence-corrected chi connectivity index (χ3v) is 4.68. The number of hydrogen-bond donors (Lipinski definition) is 1. The van der Waals surface area contributed by atoms with E-state index in [1.165, 1.54) is 0 Å². The molecule has 0 aromatic heterocycles. The van der Waals surface area contributed by atoms with Crippen LogP contribution in [-0.2, 0) is 9.59 Å². The Morgan fingerprint density at radius 3 is 2.75 bits per heavy atom. The molecule has 1 saturated heterocycles. The van der Waals surface area contributed by atoms with Crippen LogP contribution in [0.1, 0.15) is 24.8 Å². The van der Waals surface area contributed by atoms with Gasteiger partial charge in [-0.15, -0.1) is 0 Å². The molecular formula is C15H19NO3S. The zero-order valence-corrected chi connectivity index (χ0v) is 12.3. The smallest absolute Gasteiger partial charge is 0.305 e. The average molecular weight is 293 g/mol. The van der Waals surface area contributed by atoms with Crippen molar-refractivity contribution in [2.75, 3.05) is 18.1 Å². The van der Waals surface area contributed by atoms with Crippen LogP contribution in [0.3, 0.4) is 0 Å². The van der Waals surface area contributed by atoms with E-state index >= 15 is 0 Å². The standard InChI is InChI=1S/C15H19NO3S/c1-11(12-5-3-2-4-6-12)15(19)16-7-8-20-10-13(16)9-14(17)18/h2-6,11,13H,7-10H2,1H3,(H,17,18). The quantitative estimate of drug-likeness (QED) is 0.924. The minimum Gasteiger partial charge on any atom is -0.481 e. The van der Waals surface area contributed by atoms with E-state index in [9.17, 15) is 9.59 Å². The van der Waals surface area contributed by atoms with Crippen molar-refractivity contribution in [3.8, 4) is 0 Å². The predicted molar refractivity (Wildman–Crippen MR) is 79.9 cm³/mol. The van der Waals surface area contributed by atoms with E-state index in [4.69, 9.17) is 5.11 Å². The Bertz CT molecular complexity index is 477. The predicted octanol–water partition coefficient (Wildman–Crippen LogP) is 2.21. The van der Waals surface area contributed by atoms with E-state index in [2.05, 4.69) is 0 Å². The number of carbonyl (C=O) groups excluding carboxylic acids is 1. The molecule has 5 heteroatoms. The third kappa shape index (κ3) is 3.54. The van der Waals surface area contributed by atoms with Gasteiger partial charge < -0.3 is 10.0 Å². The lowest BCUT2D eigenvalue weighted by Crippen LogP contribution is -2.48. The van der Waals surface area contributed by atoms with Crippen molar-refractivity contribution in [2.45, 2.75) is 25.3 Å². The number of amides is 1. The SMILES string of the molecule is CC(C(=O)N1CCSCC1CC(=O)O)c1ccccc1. The molecule has 108 valence electrons. The Balaban J connectivity index is 2.11. The van der Waals surface area contributed by atoms with Gasteiger partial charge in [0.25, 0.3) is 0 Å². The molecule has 0 aliphatic carbocycles. The largest absolute Gasteiger partial charge is 0.481 e. The molecule has 4 nitrogen and oxygen atoms in total. The van der Waals surface area contributed by atoms with E-state index in [-0.39, 0.29) is 24.3 Å². The van der Waals surface area contributed by atoms with E-state index in [0.717, 1.165) is 11.3 Å². The number of thioether (sulfide) groups is 1. The molecule has 0 spiro atoms. The van der Waals surface area contributed by atoms with Crippen LogP contribution in [0.25, 0.3) is 0 Å². The second-order valence-corrected chi connectivity index (χ2v) is 6.14. The van der Waals surface area contributed by atoms with Crippen LogP contribution < -0.4 is 0 Å². The maximum Gasteiger partial charge on any atom is 0.305 e. The summed E-state index contributed by atoms with van der Waals surface area (Å²) in [6.07, 6.45) is 0.0280. The lowest BCUT2D eigenvalue weighted by atomic mass is 9.98. The zero-order chi connectivity index (χ0) is 14.5. The van der Waals surface area contributed by atoms with Gasteiger partial charge in [0.2, 0.25) is 5.91 Å². The molecule has 1 heterocycles. The second-order valence-electron chi connectivity index (χ2n) is 4.99. The molecule has 1 aromatic rings. The number of nitrogens with zero attached hydrogens (tertiary/aromatic N) is 1. The van der Waals surface area contributed by atoms with E-state index < -0.39 is 5.97 Å². The number of aliphatic carboxylic acids is 1. The fourth-order valence-corrected chi connectivity index (χ4v) is 3.51. The van der Waals surface area contributed by atoms with Crippen LogP contribution in [0.4, 0.5) is 0 Å². The van der Waals surface area contributed by atoms with Crippen LogP contribution in [-0.4, -0.2) is 46.0 Å². The topological polar surface area (TPSA) is 57.6 Å². The first-order chi connectivity index (χ1) is 9.59. The highest BCUT2D eigenvalue weighted by molar-refractivity contribution is 7.99. The fourth-order valence-electron chi connectivity index (χ4n) is 2.45. The Labute approximate surface area is 123 Å². The molecule has 0 saturated carbocycles. The van der Waals surface area contributed by atoms with Gasteiger partial charge in [-0.1, -0.05) is 30.3 Å². The van der Waals surface area contributed by atoms with Crippen LogP contribution in [0, 0.1) is 0 Å². The molecule has 1 aliphatic heterocycles. The lowest BCUT2D eigenvalue weighted by Gasteiger charge is -2.36. The van der Waals surface area contributed by atoms with Gasteiger partial charge in [0.1, 0.15) is 0 Å². The van der Waals surface area contributed by atoms with Crippen LogP contribution in [0.15, 0.2) is 30.3 Å². The van der Waals surface area contributed by atoms with Crippen molar-refractivity contribution in [3.05, 3.63) is 35.9 Å². The van der Waals surface area contributed by atoms with Gasteiger partial charge in [-0.25, -0.2) is 0 Å². The Kier molecular flexibility index (Phi) is 5.06. The molecule has 1 aromatic carbocycles. The molecule has 20 heavy (non-hydrogen) atoms. The monoisotopic (exact) mass is 293 g/mol. The van der Waals surface area contributed by atoms with Crippen molar-refractivity contribution in [1.82, 2.24) is 4.90 Å². The first-order valence-corrected chi connectivity index (χ1v) is 7.90. The van der Waals surface area contributed by atoms with Gasteiger partial charge in [0.05, 0.1) is 18.4 Å². The summed E-state index contributed by atoms with van der Waals surface area (Å²) < 4.78 is 0. The van der Waals surface area contributed by atoms with Gasteiger partial charge >= 0.3 is 5.97 Å². The third-order valence-electron chi connectivity index (χ3n) is 3.59. The highest BCUT2D eigenvalue weighted by atomic mass is 32.2. The van der Waals surface area contributed by atoms with Crippen molar-refractivity contribution >= 4 is 23.6 Å². The zero-order valence-electron chi connectivity index (χ0n) is 11.5. The molecule has 1 aliphatic rings. The number of benzene rings is 1. The van der Waals surface area contributed by atoms with Crippen LogP contribution in [0.5, 0.6) is 0 Å². The maximum absolute atomic E-state index is 12.6. The Morgan fingerprint density at radius 1 is 1.40 bits per heavy atom. The second kappa shape index (κ2) is 6.79. The summed E-state index contributed by atoms with van der Waals surface area (Å²) in [6.45, 7) is 2.52. The summed E-state index contributed by atoms with van der Waals surface area (Å²) in [7, 11) is 0. The number of rotatable bonds is 4. The maximum atomic E-state index is 12.6. The van der Waals surface area contributed by atoms with Gasteiger partial charge in [-0.2, -0.15) is 11.8 Å². The highest BCUT2D eigenvalue weighted by Crippen LogP contribution is 2.24. The summed E-state index contributed by atoms with van der Waals surface area (Å²) in [5.74, 6) is 0.545. The normalized spacial score (nSPS) is 20.4. The summed E-state index contributed by atoms with van der Waals surface area (Å²) in [4.78, 5) is 25.3. The fraction of sp³-hybridized carbons (Fsp3) is 0.467. The molecule has 2 atom stereocenters. The van der Waals surface area contributed by atoms with E-state index in [1.54, 1.807) is 16.7 Å². The molecule has 2 unspecified atom stereocenters. The molecule has 0 bridgehead atoms. The summed E-state index contributed by atoms with van der Waals surface area (Å²) in [5.41, 5.74) is 0.977. The minimum atomic E-state index is -0.845. The average Bonchev–Trinajstić information content (AvgIpc) is 2.46. The van der Waals surface area contributed by atoms with Gasteiger partial charge in [-0.3, -0.25) is 9.59 Å². The lowest BCUT2D eigenvalue weighted by molar-refractivity contribution is -0.140. The first kappa shape index (κ1) is 14.9. The molecule has 1 amide bonds. The summed E-state index contributed by atoms with van der Waals surface area (Å²) >= 11 is 1.72. The van der Waals surface area contributed by atoms with Crippen molar-refractivity contribution in [2.24, 2.45) is 0 Å². The van der Waals surface area contributed by atoms with Gasteiger partial charge in [0, 0.05) is 18.1 Å². The number of carboxylic acids is 1. The molecule has 1 N–H and O–H groups in total. The minimum absolute atomic E-state index is 0.0280. The Morgan fingerprint density at radius 2 is 2.10 bits per heavy atom. The van der Waals surface area contributed by atoms with Crippen molar-refractivity contribution in [3.63, 3.8) is 0 Å². The van der Waals surface area contributed by atoms with Crippen LogP contribution in [0.2, 0.25) is 0 Å². The van der Waals surface area contributed by atoms with Gasteiger partial charge in [-0.05, 0) is 12.5 Å². The molecule has 0 radical (unpaired) electrons. The van der Waals surface area contributed by atoms with Crippen molar-refractivity contribution < 1.29 is 14.7 Å². The van der Waals surface area contributed by atoms with E-state index in [0.29, 0.717) is 12.3 Å². The van der Waals surface area contributed by atoms with Crippen molar-refractivity contribution in [1.29, 1.82) is 0 Å². The molecular weight excluding hydrogens is 274 g/mol. The summed E-state index contributed by atoms with van der Waals surface area (Å²) in [5, 5.41) is 8.97. The first-order valence-electron chi connectivity index (χ1n) is 6.74. The number of carboxylic acid groups (broad SMARTS) is 1. The molecule has 1 fully saturated rings. The van der Waals surface area contributed by atoms with Gasteiger partial charge in [0.15, 0.2) is 0 Å². The highest BCUT2D eigenvalue weighted by Gasteiger charge is 2.31. The van der Waals surface area contributed by atoms with E-state index in [1.807, 2.05) is 37.3 Å². The number of carbonyl (C=O) groups is 2. The molecule has 2 rings (SSSR count). The van der Waals surface area contributed by atoms with Crippen LogP contribution >= 0.6 is 11.8 Å².